The predicted molar refractivity (Wildman–Crippen MR) is 81.4 cm³/mol. The Balaban J connectivity index is 1.87. The minimum atomic E-state index is -1.43. The third kappa shape index (κ3) is 4.51. The first-order valence-corrected chi connectivity index (χ1v) is 8.06. The summed E-state index contributed by atoms with van der Waals surface area (Å²) in [6.45, 7) is 3.38. The van der Waals surface area contributed by atoms with Gasteiger partial charge in [-0.05, 0) is 44.6 Å². The molecule has 0 bridgehead atoms. The van der Waals surface area contributed by atoms with Crippen molar-refractivity contribution in [3.63, 3.8) is 0 Å². The molecule has 23 heavy (non-hydrogen) atoms. The van der Waals surface area contributed by atoms with Crippen LogP contribution in [-0.2, 0) is 9.47 Å². The third-order valence-corrected chi connectivity index (χ3v) is 4.79. The molecule has 2 aliphatic rings. The van der Waals surface area contributed by atoms with E-state index in [-0.39, 0.29) is 12.5 Å². The van der Waals surface area contributed by atoms with Gasteiger partial charge in [0.15, 0.2) is 6.29 Å². The minimum Gasteiger partial charge on any atom is -0.394 e. The van der Waals surface area contributed by atoms with Crippen LogP contribution in [-0.4, -0.2) is 75.1 Å². The SMILES string of the molecule is CC(C)(O)C1CC=C(COC2OC(CO)C(O)C(O)C2O)CC1. The second kappa shape index (κ2) is 7.57. The molecule has 1 aliphatic heterocycles. The molecule has 0 aromatic heterocycles. The lowest BCUT2D eigenvalue weighted by Gasteiger charge is -2.40. The van der Waals surface area contributed by atoms with E-state index in [1.165, 1.54) is 0 Å². The zero-order valence-corrected chi connectivity index (χ0v) is 13.6. The molecule has 0 aromatic rings. The molecule has 7 nitrogen and oxygen atoms in total. The highest BCUT2D eigenvalue weighted by atomic mass is 16.7. The Morgan fingerprint density at radius 2 is 1.91 bits per heavy atom. The van der Waals surface area contributed by atoms with Crippen molar-refractivity contribution in [2.75, 3.05) is 13.2 Å². The Hall–Kier alpha value is -0.540. The Labute approximate surface area is 136 Å². The van der Waals surface area contributed by atoms with Crippen LogP contribution < -0.4 is 0 Å². The smallest absolute Gasteiger partial charge is 0.187 e. The molecule has 1 heterocycles. The Morgan fingerprint density at radius 3 is 2.43 bits per heavy atom. The summed E-state index contributed by atoms with van der Waals surface area (Å²) in [7, 11) is 0. The van der Waals surface area contributed by atoms with Crippen molar-refractivity contribution in [2.24, 2.45) is 5.92 Å². The molecule has 6 atom stereocenters. The van der Waals surface area contributed by atoms with E-state index in [2.05, 4.69) is 0 Å². The monoisotopic (exact) mass is 332 g/mol. The molecular weight excluding hydrogens is 304 g/mol. The number of rotatable bonds is 5. The van der Waals surface area contributed by atoms with E-state index >= 15 is 0 Å². The molecule has 0 aromatic carbocycles. The fraction of sp³-hybridized carbons (Fsp3) is 0.875. The van der Waals surface area contributed by atoms with Crippen LogP contribution >= 0.6 is 0 Å². The second-order valence-electron chi connectivity index (χ2n) is 7.00. The van der Waals surface area contributed by atoms with Gasteiger partial charge in [0.05, 0.1) is 18.8 Å². The maximum absolute atomic E-state index is 10.0. The predicted octanol–water partition coefficient (Wildman–Crippen LogP) is -0.700. The van der Waals surface area contributed by atoms with Crippen molar-refractivity contribution in [3.05, 3.63) is 11.6 Å². The van der Waals surface area contributed by atoms with Gasteiger partial charge in [-0.2, -0.15) is 0 Å². The highest BCUT2D eigenvalue weighted by Gasteiger charge is 2.44. The third-order valence-electron chi connectivity index (χ3n) is 4.79. The Morgan fingerprint density at radius 1 is 1.22 bits per heavy atom. The van der Waals surface area contributed by atoms with Gasteiger partial charge in [-0.1, -0.05) is 6.08 Å². The zero-order chi connectivity index (χ0) is 17.2. The molecule has 0 spiro atoms. The van der Waals surface area contributed by atoms with E-state index in [0.717, 1.165) is 24.8 Å². The first kappa shape index (κ1) is 18.8. The van der Waals surface area contributed by atoms with E-state index in [9.17, 15) is 20.4 Å². The molecule has 134 valence electrons. The molecule has 7 heteroatoms. The van der Waals surface area contributed by atoms with E-state index in [1.807, 2.05) is 6.08 Å². The number of hydrogen-bond donors (Lipinski definition) is 5. The largest absolute Gasteiger partial charge is 0.394 e. The number of ether oxygens (including phenoxy) is 2. The van der Waals surface area contributed by atoms with Crippen LogP contribution in [0, 0.1) is 5.92 Å². The number of aliphatic hydroxyl groups excluding tert-OH is 4. The lowest BCUT2D eigenvalue weighted by atomic mass is 9.80. The molecule has 1 fully saturated rings. The topological polar surface area (TPSA) is 120 Å². The molecular formula is C16H28O7. The lowest BCUT2D eigenvalue weighted by molar-refractivity contribution is -0.299. The van der Waals surface area contributed by atoms with Crippen molar-refractivity contribution in [1.82, 2.24) is 0 Å². The molecule has 2 rings (SSSR count). The summed E-state index contributed by atoms with van der Waals surface area (Å²) >= 11 is 0. The van der Waals surface area contributed by atoms with Crippen LogP contribution in [0.3, 0.4) is 0 Å². The molecule has 5 N–H and O–H groups in total. The van der Waals surface area contributed by atoms with E-state index in [1.54, 1.807) is 13.8 Å². The Kier molecular flexibility index (Phi) is 6.18. The van der Waals surface area contributed by atoms with Crippen LogP contribution in [0.1, 0.15) is 33.1 Å². The first-order valence-electron chi connectivity index (χ1n) is 8.06. The van der Waals surface area contributed by atoms with Crippen LogP contribution in [0.15, 0.2) is 11.6 Å². The Bertz CT molecular complexity index is 415. The summed E-state index contributed by atoms with van der Waals surface area (Å²) < 4.78 is 10.8. The van der Waals surface area contributed by atoms with Gasteiger partial charge in [-0.3, -0.25) is 0 Å². The molecule has 0 radical (unpaired) electrons. The molecule has 1 saturated heterocycles. The van der Waals surface area contributed by atoms with Gasteiger partial charge in [0.1, 0.15) is 24.4 Å². The van der Waals surface area contributed by atoms with Gasteiger partial charge in [-0.15, -0.1) is 0 Å². The molecule has 6 unspecified atom stereocenters. The van der Waals surface area contributed by atoms with Gasteiger partial charge < -0.3 is 35.0 Å². The summed E-state index contributed by atoms with van der Waals surface area (Å²) in [5.41, 5.74) is 0.336. The second-order valence-corrected chi connectivity index (χ2v) is 7.00. The maximum Gasteiger partial charge on any atom is 0.187 e. The van der Waals surface area contributed by atoms with Gasteiger partial charge >= 0.3 is 0 Å². The van der Waals surface area contributed by atoms with Crippen molar-refractivity contribution >= 4 is 0 Å². The highest BCUT2D eigenvalue weighted by molar-refractivity contribution is 5.08. The van der Waals surface area contributed by atoms with Gasteiger partial charge in [0, 0.05) is 0 Å². The van der Waals surface area contributed by atoms with Crippen LogP contribution in [0.25, 0.3) is 0 Å². The standard InChI is InChI=1S/C16H28O7/c1-16(2,21)10-5-3-9(4-6-10)8-22-15-14(20)13(19)12(18)11(7-17)23-15/h3,10-15,17-21H,4-8H2,1-2H3. The quantitative estimate of drug-likeness (QED) is 0.422. The maximum atomic E-state index is 10.0. The van der Waals surface area contributed by atoms with Crippen molar-refractivity contribution < 1.29 is 35.0 Å². The summed E-state index contributed by atoms with van der Waals surface area (Å²) in [4.78, 5) is 0. The zero-order valence-electron chi connectivity index (χ0n) is 13.6. The molecule has 1 aliphatic carbocycles. The number of allylic oxidation sites excluding steroid dienone is 1. The average molecular weight is 332 g/mol. The fourth-order valence-corrected chi connectivity index (χ4v) is 3.06. The number of aliphatic hydroxyl groups is 5. The first-order chi connectivity index (χ1) is 10.7. The summed E-state index contributed by atoms with van der Waals surface area (Å²) in [6, 6.07) is 0. The molecule has 0 amide bonds. The molecule has 0 saturated carbocycles. The van der Waals surface area contributed by atoms with E-state index in [4.69, 9.17) is 14.6 Å². The van der Waals surface area contributed by atoms with Crippen LogP contribution in [0.5, 0.6) is 0 Å². The van der Waals surface area contributed by atoms with Gasteiger partial charge in [-0.25, -0.2) is 0 Å². The summed E-state index contributed by atoms with van der Waals surface area (Å²) in [5.74, 6) is 0.207. The minimum absolute atomic E-state index is 0.207. The number of hydrogen-bond acceptors (Lipinski definition) is 7. The van der Waals surface area contributed by atoms with Crippen molar-refractivity contribution in [2.45, 2.75) is 69.4 Å². The summed E-state index contributed by atoms with van der Waals surface area (Å²) in [5, 5.41) is 48.5. The van der Waals surface area contributed by atoms with Crippen LogP contribution in [0.4, 0.5) is 0 Å². The fourth-order valence-electron chi connectivity index (χ4n) is 3.06. The van der Waals surface area contributed by atoms with Gasteiger partial charge in [0.25, 0.3) is 0 Å². The summed E-state index contributed by atoms with van der Waals surface area (Å²) in [6.07, 6.45) is -1.81. The van der Waals surface area contributed by atoms with Gasteiger partial charge in [0.2, 0.25) is 0 Å². The average Bonchev–Trinajstić information content (AvgIpc) is 2.51. The van der Waals surface area contributed by atoms with Crippen molar-refractivity contribution in [1.29, 1.82) is 0 Å². The van der Waals surface area contributed by atoms with E-state index < -0.39 is 42.9 Å². The van der Waals surface area contributed by atoms with Crippen LogP contribution in [0.2, 0.25) is 0 Å². The normalized spacial score (nSPS) is 39.2. The lowest BCUT2D eigenvalue weighted by Crippen LogP contribution is -2.59. The van der Waals surface area contributed by atoms with E-state index in [0.29, 0.717) is 0 Å². The highest BCUT2D eigenvalue weighted by Crippen LogP contribution is 2.32. The van der Waals surface area contributed by atoms with Crippen molar-refractivity contribution in [3.8, 4) is 0 Å².